The van der Waals surface area contributed by atoms with Crippen LogP contribution >= 0.6 is 0 Å². The second-order valence-electron chi connectivity index (χ2n) is 4.28. The average Bonchev–Trinajstić information content (AvgIpc) is 2.01. The van der Waals surface area contributed by atoms with Gasteiger partial charge in [0.2, 0.25) is 0 Å². The number of halogens is 1. The van der Waals surface area contributed by atoms with E-state index in [4.69, 9.17) is 5.73 Å². The Morgan fingerprint density at radius 3 is 2.36 bits per heavy atom. The average molecular weight is 195 g/mol. The van der Waals surface area contributed by atoms with E-state index in [1.54, 1.807) is 20.8 Å². The molecule has 0 bridgehead atoms. The summed E-state index contributed by atoms with van der Waals surface area (Å²) in [6.07, 6.45) is 0. The lowest BCUT2D eigenvalue weighted by atomic mass is 9.86. The molecule has 0 atom stereocenters. The Labute approximate surface area is 82.9 Å². The molecule has 0 amide bonds. The van der Waals surface area contributed by atoms with E-state index in [1.807, 2.05) is 0 Å². The van der Waals surface area contributed by atoms with Gasteiger partial charge in [0.25, 0.3) is 0 Å². The first-order valence-corrected chi connectivity index (χ1v) is 4.43. The van der Waals surface area contributed by atoms with Gasteiger partial charge in [0, 0.05) is 11.1 Å². The fourth-order valence-electron chi connectivity index (χ4n) is 1.16. The minimum Gasteiger partial charge on any atom is -0.398 e. The smallest absolute Gasteiger partial charge is 0.173 e. The molecule has 2 nitrogen and oxygen atoms in total. The Bertz CT molecular complexity index is 346. The van der Waals surface area contributed by atoms with Gasteiger partial charge in [-0.15, -0.1) is 0 Å². The van der Waals surface area contributed by atoms with Crippen molar-refractivity contribution in [2.24, 2.45) is 5.41 Å². The Morgan fingerprint density at radius 1 is 1.36 bits per heavy atom. The van der Waals surface area contributed by atoms with Crippen LogP contribution in [0.1, 0.15) is 31.1 Å². The van der Waals surface area contributed by atoms with Crippen molar-refractivity contribution < 1.29 is 9.18 Å². The van der Waals surface area contributed by atoms with Crippen molar-refractivity contribution in [2.75, 3.05) is 5.73 Å². The van der Waals surface area contributed by atoms with E-state index in [-0.39, 0.29) is 17.0 Å². The predicted molar refractivity (Wildman–Crippen MR) is 54.6 cm³/mol. The van der Waals surface area contributed by atoms with Gasteiger partial charge in [-0.25, -0.2) is 4.39 Å². The number of anilines is 1. The maximum absolute atomic E-state index is 13.3. The molecule has 76 valence electrons. The first-order chi connectivity index (χ1) is 6.34. The summed E-state index contributed by atoms with van der Waals surface area (Å²) in [5.41, 5.74) is 5.14. The van der Waals surface area contributed by atoms with Gasteiger partial charge in [-0.2, -0.15) is 0 Å². The normalized spacial score (nSPS) is 11.4. The van der Waals surface area contributed by atoms with Gasteiger partial charge in [0.1, 0.15) is 5.82 Å². The summed E-state index contributed by atoms with van der Waals surface area (Å²) in [7, 11) is 0. The van der Waals surface area contributed by atoms with E-state index in [9.17, 15) is 9.18 Å². The van der Waals surface area contributed by atoms with Gasteiger partial charge in [-0.1, -0.05) is 26.8 Å². The lowest BCUT2D eigenvalue weighted by Crippen LogP contribution is -2.22. The van der Waals surface area contributed by atoms with Crippen molar-refractivity contribution in [3.8, 4) is 0 Å². The highest BCUT2D eigenvalue weighted by Crippen LogP contribution is 2.26. The van der Waals surface area contributed by atoms with Crippen LogP contribution in [0.3, 0.4) is 0 Å². The topological polar surface area (TPSA) is 43.1 Å². The van der Waals surface area contributed by atoms with E-state index >= 15 is 0 Å². The lowest BCUT2D eigenvalue weighted by Gasteiger charge is -2.18. The van der Waals surface area contributed by atoms with E-state index in [0.717, 1.165) is 0 Å². The minimum absolute atomic E-state index is 0.000000000000000222. The SMILES string of the molecule is CC(C)(C)C(=O)c1c(N)cccc1F. The second-order valence-corrected chi connectivity index (χ2v) is 4.28. The van der Waals surface area contributed by atoms with Crippen molar-refractivity contribution in [2.45, 2.75) is 20.8 Å². The molecule has 0 heterocycles. The van der Waals surface area contributed by atoms with Crippen LogP contribution in [0.2, 0.25) is 0 Å². The van der Waals surface area contributed by atoms with Gasteiger partial charge in [0.05, 0.1) is 5.56 Å². The van der Waals surface area contributed by atoms with E-state index in [1.165, 1.54) is 18.2 Å². The summed E-state index contributed by atoms with van der Waals surface area (Å²) in [4.78, 5) is 11.8. The highest BCUT2D eigenvalue weighted by Gasteiger charge is 2.27. The number of ketones is 1. The summed E-state index contributed by atoms with van der Waals surface area (Å²) in [5, 5.41) is 0. The zero-order chi connectivity index (χ0) is 10.9. The standard InChI is InChI=1S/C11H14FNO/c1-11(2,3)10(14)9-7(12)5-4-6-8(9)13/h4-6H,13H2,1-3H3. The third kappa shape index (κ3) is 1.92. The maximum Gasteiger partial charge on any atom is 0.173 e. The Kier molecular flexibility index (Phi) is 2.60. The van der Waals surface area contributed by atoms with Crippen LogP contribution in [-0.4, -0.2) is 5.78 Å². The van der Waals surface area contributed by atoms with Crippen molar-refractivity contribution in [1.29, 1.82) is 0 Å². The van der Waals surface area contributed by atoms with Gasteiger partial charge in [-0.05, 0) is 12.1 Å². The Balaban J connectivity index is 3.26. The minimum atomic E-state index is -0.615. The number of carbonyl (C=O) groups is 1. The molecule has 0 fully saturated rings. The molecule has 0 aliphatic rings. The molecule has 0 saturated carbocycles. The van der Waals surface area contributed by atoms with Gasteiger partial charge < -0.3 is 5.73 Å². The van der Waals surface area contributed by atoms with Crippen LogP contribution < -0.4 is 5.73 Å². The third-order valence-electron chi connectivity index (χ3n) is 1.95. The van der Waals surface area contributed by atoms with Gasteiger partial charge >= 0.3 is 0 Å². The molecule has 0 unspecified atom stereocenters. The second kappa shape index (κ2) is 3.40. The number of hydrogen-bond acceptors (Lipinski definition) is 2. The van der Waals surface area contributed by atoms with Gasteiger partial charge in [0.15, 0.2) is 5.78 Å². The first kappa shape index (κ1) is 10.7. The maximum atomic E-state index is 13.3. The Morgan fingerprint density at radius 2 is 1.93 bits per heavy atom. The first-order valence-electron chi connectivity index (χ1n) is 4.43. The number of nitrogens with two attached hydrogens (primary N) is 1. The van der Waals surface area contributed by atoms with Crippen LogP contribution in [0.5, 0.6) is 0 Å². The predicted octanol–water partition coefficient (Wildman–Crippen LogP) is 2.64. The summed E-state index contributed by atoms with van der Waals surface area (Å²) in [5.74, 6) is -0.821. The zero-order valence-corrected chi connectivity index (χ0v) is 8.60. The summed E-state index contributed by atoms with van der Waals surface area (Å²) < 4.78 is 13.3. The molecule has 1 rings (SSSR count). The van der Waals surface area contributed by atoms with E-state index in [2.05, 4.69) is 0 Å². The molecular formula is C11H14FNO. The highest BCUT2D eigenvalue weighted by molar-refractivity contribution is 6.04. The summed E-state index contributed by atoms with van der Waals surface area (Å²) in [6.45, 7) is 5.21. The monoisotopic (exact) mass is 195 g/mol. The summed E-state index contributed by atoms with van der Waals surface area (Å²) >= 11 is 0. The van der Waals surface area contributed by atoms with Crippen molar-refractivity contribution >= 4 is 11.5 Å². The number of rotatable bonds is 1. The number of benzene rings is 1. The summed E-state index contributed by atoms with van der Waals surface area (Å²) in [6, 6.07) is 4.27. The molecule has 1 aromatic rings. The molecule has 3 heteroatoms. The van der Waals surface area contributed by atoms with E-state index < -0.39 is 11.2 Å². The molecule has 14 heavy (non-hydrogen) atoms. The highest BCUT2D eigenvalue weighted by atomic mass is 19.1. The number of Topliss-reactive ketones (excluding diaryl/α,β-unsaturated/α-hetero) is 1. The third-order valence-corrected chi connectivity index (χ3v) is 1.95. The molecule has 0 spiro atoms. The number of nitrogen functional groups attached to an aromatic ring is 1. The van der Waals surface area contributed by atoms with Crippen molar-refractivity contribution in [1.82, 2.24) is 0 Å². The van der Waals surface area contributed by atoms with Crippen LogP contribution in [-0.2, 0) is 0 Å². The van der Waals surface area contributed by atoms with Crippen molar-refractivity contribution in [3.63, 3.8) is 0 Å². The van der Waals surface area contributed by atoms with Crippen LogP contribution in [0.15, 0.2) is 18.2 Å². The number of carbonyl (C=O) groups excluding carboxylic acids is 1. The Hall–Kier alpha value is -1.38. The zero-order valence-electron chi connectivity index (χ0n) is 8.60. The van der Waals surface area contributed by atoms with Crippen LogP contribution in [0.25, 0.3) is 0 Å². The molecule has 2 N–H and O–H groups in total. The molecule has 0 radical (unpaired) electrons. The lowest BCUT2D eigenvalue weighted by molar-refractivity contribution is 0.0855. The molecule has 0 aliphatic heterocycles. The fourth-order valence-corrected chi connectivity index (χ4v) is 1.16. The molecule has 1 aromatic carbocycles. The number of hydrogen-bond donors (Lipinski definition) is 1. The molecule has 0 aromatic heterocycles. The van der Waals surface area contributed by atoms with Gasteiger partial charge in [-0.3, -0.25) is 4.79 Å². The van der Waals surface area contributed by atoms with E-state index in [0.29, 0.717) is 0 Å². The molecule has 0 saturated heterocycles. The quantitative estimate of drug-likeness (QED) is 0.553. The molecule has 0 aliphatic carbocycles. The van der Waals surface area contributed by atoms with Crippen LogP contribution in [0, 0.1) is 11.2 Å². The van der Waals surface area contributed by atoms with Crippen molar-refractivity contribution in [3.05, 3.63) is 29.6 Å². The molecular weight excluding hydrogens is 181 g/mol. The fraction of sp³-hybridized carbons (Fsp3) is 0.364. The largest absolute Gasteiger partial charge is 0.398 e. The van der Waals surface area contributed by atoms with Crippen LogP contribution in [0.4, 0.5) is 10.1 Å².